The van der Waals surface area contributed by atoms with Crippen molar-refractivity contribution < 1.29 is 39.4 Å². The molecule has 0 atom stereocenters. The van der Waals surface area contributed by atoms with E-state index >= 15 is 0 Å². The fraction of sp³-hybridized carbons (Fsp3) is 0.593. The van der Waals surface area contributed by atoms with Crippen LogP contribution in [0.4, 0.5) is 11.5 Å². The van der Waals surface area contributed by atoms with Crippen molar-refractivity contribution in [1.82, 2.24) is 4.98 Å². The minimum atomic E-state index is 0. The lowest BCUT2D eigenvalue weighted by Gasteiger charge is -2.33. The van der Waals surface area contributed by atoms with Crippen LogP contribution in [-0.4, -0.2) is 64.0 Å². The predicted molar refractivity (Wildman–Crippen MR) is 135 cm³/mol. The van der Waals surface area contributed by atoms with Crippen molar-refractivity contribution >= 4 is 23.3 Å². The van der Waals surface area contributed by atoms with Crippen LogP contribution >= 0.6 is 11.8 Å². The van der Waals surface area contributed by atoms with Gasteiger partial charge in [0.15, 0.2) is 0 Å². The van der Waals surface area contributed by atoms with Crippen molar-refractivity contribution in [3.8, 4) is 0 Å². The summed E-state index contributed by atoms with van der Waals surface area (Å²) >= 11 is 1.84. The van der Waals surface area contributed by atoms with E-state index in [1.54, 1.807) is 9.80 Å². The van der Waals surface area contributed by atoms with E-state index in [2.05, 4.69) is 35.2 Å². The number of aromatic nitrogens is 1. The summed E-state index contributed by atoms with van der Waals surface area (Å²) in [5.74, 6) is 1.96. The van der Waals surface area contributed by atoms with Gasteiger partial charge in [-0.25, -0.2) is 4.98 Å². The topological polar surface area (TPSA) is 34.2 Å². The Morgan fingerprint density at radius 2 is 1.60 bits per heavy atom. The molecule has 3 heterocycles. The second-order valence-electron chi connectivity index (χ2n) is 9.98. The second kappa shape index (κ2) is 14.7. The summed E-state index contributed by atoms with van der Waals surface area (Å²) in [6.45, 7) is 10.6. The Balaban J connectivity index is 0.00000171. The summed E-state index contributed by atoms with van der Waals surface area (Å²) in [5.41, 5.74) is 1.31. The van der Waals surface area contributed by atoms with Gasteiger partial charge in [-0.3, -0.25) is 0 Å². The first-order chi connectivity index (χ1) is 16.4. The Kier molecular flexibility index (Phi) is 12.0. The molecule has 5 rings (SSSR count). The number of hydrogen-bond donors (Lipinski definition) is 2. The number of fused-ring (bicyclic) bond motifs is 2. The van der Waals surface area contributed by atoms with E-state index in [1.807, 2.05) is 24.0 Å². The minimum Gasteiger partial charge on any atom is -1.00 e. The molecule has 194 valence electrons. The number of piperazine rings is 1. The molecule has 2 fully saturated rings. The van der Waals surface area contributed by atoms with Crippen molar-refractivity contribution in [2.45, 2.75) is 48.3 Å². The van der Waals surface area contributed by atoms with Gasteiger partial charge in [0.2, 0.25) is 0 Å². The van der Waals surface area contributed by atoms with E-state index in [-0.39, 0.29) is 24.8 Å². The summed E-state index contributed by atoms with van der Waals surface area (Å²) in [6, 6.07) is 13.0. The third-order valence-electron chi connectivity index (χ3n) is 7.64. The zero-order valence-electron chi connectivity index (χ0n) is 20.7. The van der Waals surface area contributed by atoms with E-state index in [0.717, 1.165) is 31.5 Å². The number of pyridine rings is 1. The Bertz CT molecular complexity index is 845. The van der Waals surface area contributed by atoms with Crippen LogP contribution in [-0.2, 0) is 4.74 Å². The van der Waals surface area contributed by atoms with Gasteiger partial charge in [-0.1, -0.05) is 43.2 Å². The lowest BCUT2D eigenvalue weighted by molar-refractivity contribution is -1.01. The standard InChI is InChI=1S/C27H38N4OS.2ClH/c1-2-8-23(9-3-1)22-32-21-20-30-18-16-29(17-19-30)14-7-15-31-24-10-4-5-11-25(24)33-26-12-6-13-28-27(26)31;;/h4-6,10-13,23H,1-3,7-9,14-22H2;2*1H. The number of anilines is 2. The highest BCUT2D eigenvalue weighted by Gasteiger charge is 2.26. The predicted octanol–water partition coefficient (Wildman–Crippen LogP) is -3.54. The quantitative estimate of drug-likeness (QED) is 0.324. The largest absolute Gasteiger partial charge is 1.00 e. The van der Waals surface area contributed by atoms with Crippen LogP contribution in [0.1, 0.15) is 38.5 Å². The molecule has 1 saturated carbocycles. The summed E-state index contributed by atoms with van der Waals surface area (Å²) < 4.78 is 6.05. The number of hydrogen-bond acceptors (Lipinski definition) is 4. The summed E-state index contributed by atoms with van der Waals surface area (Å²) in [7, 11) is 0. The van der Waals surface area contributed by atoms with Gasteiger partial charge in [0.05, 0.1) is 23.7 Å². The number of halogens is 2. The molecule has 1 aromatic heterocycles. The molecule has 2 aliphatic heterocycles. The molecule has 0 spiro atoms. The summed E-state index contributed by atoms with van der Waals surface area (Å²) in [5, 5.41) is 0. The van der Waals surface area contributed by atoms with Gasteiger partial charge in [0, 0.05) is 30.7 Å². The maximum absolute atomic E-state index is 6.05. The number of ether oxygens (including phenoxy) is 1. The molecule has 5 nitrogen and oxygen atoms in total. The number of nitrogens with one attached hydrogen (secondary N) is 2. The smallest absolute Gasteiger partial charge is 0.147 e. The Hall–Kier alpha value is -1.02. The van der Waals surface area contributed by atoms with Crippen LogP contribution in [0.3, 0.4) is 0 Å². The van der Waals surface area contributed by atoms with Crippen LogP contribution in [0.15, 0.2) is 52.4 Å². The minimum absolute atomic E-state index is 0. The average Bonchev–Trinajstić information content (AvgIpc) is 2.87. The summed E-state index contributed by atoms with van der Waals surface area (Å²) in [4.78, 5) is 13.3. The molecule has 2 N–H and O–H groups in total. The number of quaternary nitrogens is 2. The van der Waals surface area contributed by atoms with Crippen LogP contribution < -0.4 is 39.5 Å². The van der Waals surface area contributed by atoms with Gasteiger partial charge in [0.25, 0.3) is 0 Å². The van der Waals surface area contributed by atoms with Gasteiger partial charge in [-0.2, -0.15) is 0 Å². The first-order valence-corrected chi connectivity index (χ1v) is 13.9. The van der Waals surface area contributed by atoms with Crippen molar-refractivity contribution in [2.24, 2.45) is 5.92 Å². The Morgan fingerprint density at radius 3 is 2.40 bits per heavy atom. The molecule has 1 saturated heterocycles. The number of benzene rings is 1. The Labute approximate surface area is 227 Å². The lowest BCUT2D eigenvalue weighted by atomic mass is 9.90. The highest BCUT2D eigenvalue weighted by molar-refractivity contribution is 7.99. The zero-order chi connectivity index (χ0) is 22.3. The molecule has 0 amide bonds. The van der Waals surface area contributed by atoms with E-state index in [4.69, 9.17) is 9.72 Å². The molecule has 1 aromatic carbocycles. The average molecular weight is 540 g/mol. The van der Waals surface area contributed by atoms with Crippen molar-refractivity contribution in [2.75, 3.05) is 63.9 Å². The van der Waals surface area contributed by atoms with Crippen LogP contribution in [0.25, 0.3) is 0 Å². The van der Waals surface area contributed by atoms with Crippen molar-refractivity contribution in [1.29, 1.82) is 0 Å². The highest BCUT2D eigenvalue weighted by atomic mass is 35.5. The highest BCUT2D eigenvalue weighted by Crippen LogP contribution is 2.46. The molecular weight excluding hydrogens is 499 g/mol. The third kappa shape index (κ3) is 7.73. The summed E-state index contributed by atoms with van der Waals surface area (Å²) in [6.07, 6.45) is 10.2. The number of nitrogens with zero attached hydrogens (tertiary/aromatic N) is 2. The van der Waals surface area contributed by atoms with Gasteiger partial charge < -0.3 is 44.3 Å². The number of rotatable bonds is 9. The second-order valence-corrected chi connectivity index (χ2v) is 11.1. The molecule has 0 radical (unpaired) electrons. The Morgan fingerprint density at radius 1 is 0.886 bits per heavy atom. The molecule has 1 aliphatic carbocycles. The molecule has 35 heavy (non-hydrogen) atoms. The maximum Gasteiger partial charge on any atom is 0.147 e. The first-order valence-electron chi connectivity index (χ1n) is 13.1. The van der Waals surface area contributed by atoms with Gasteiger partial charge >= 0.3 is 0 Å². The molecule has 3 aliphatic rings. The van der Waals surface area contributed by atoms with Gasteiger partial charge in [-0.15, -0.1) is 0 Å². The molecule has 0 unspecified atom stereocenters. The lowest BCUT2D eigenvalue weighted by Crippen LogP contribution is -3.28. The first kappa shape index (κ1) is 28.5. The van der Waals surface area contributed by atoms with Gasteiger partial charge in [-0.05, 0) is 43.0 Å². The number of para-hydroxylation sites is 1. The van der Waals surface area contributed by atoms with E-state index in [1.165, 1.54) is 93.3 Å². The van der Waals surface area contributed by atoms with Crippen LogP contribution in [0, 0.1) is 5.92 Å². The maximum atomic E-state index is 6.05. The zero-order valence-corrected chi connectivity index (χ0v) is 23.0. The van der Waals surface area contributed by atoms with E-state index in [9.17, 15) is 0 Å². The van der Waals surface area contributed by atoms with Gasteiger partial charge in [0.1, 0.15) is 38.5 Å². The molecule has 2 aromatic rings. The fourth-order valence-corrected chi connectivity index (χ4v) is 6.72. The van der Waals surface area contributed by atoms with E-state index < -0.39 is 0 Å². The van der Waals surface area contributed by atoms with Crippen molar-refractivity contribution in [3.63, 3.8) is 0 Å². The molecule has 8 heteroatoms. The molecule has 0 bridgehead atoms. The van der Waals surface area contributed by atoms with Crippen molar-refractivity contribution in [3.05, 3.63) is 42.6 Å². The normalized spacial score (nSPS) is 21.9. The van der Waals surface area contributed by atoms with E-state index in [0.29, 0.717) is 0 Å². The fourth-order valence-electron chi connectivity index (χ4n) is 5.65. The SMILES string of the molecule is [Cl-].[Cl-].c1ccc2c(c1)Sc1cccnc1N2CCC[NH+]1CC[NH+](CCOCC2CCCCC2)CC1. The van der Waals surface area contributed by atoms with Crippen LogP contribution in [0.2, 0.25) is 0 Å². The molecular formula is C27H40Cl2N4OS. The monoisotopic (exact) mass is 538 g/mol. The third-order valence-corrected chi connectivity index (χ3v) is 8.74. The van der Waals surface area contributed by atoms with Crippen LogP contribution in [0.5, 0.6) is 0 Å².